The van der Waals surface area contributed by atoms with Crippen molar-refractivity contribution in [1.29, 1.82) is 0 Å². The Labute approximate surface area is 113 Å². The maximum Gasteiger partial charge on any atom is 0.231 e. The van der Waals surface area contributed by atoms with Crippen LogP contribution in [-0.4, -0.2) is 37.0 Å². The van der Waals surface area contributed by atoms with E-state index in [4.69, 9.17) is 9.47 Å². The number of fused-ring (bicyclic) bond motifs is 1. The summed E-state index contributed by atoms with van der Waals surface area (Å²) in [5.41, 5.74) is 1.20. The minimum atomic E-state index is 0. The van der Waals surface area contributed by atoms with Gasteiger partial charge in [-0.1, -0.05) is 6.07 Å². The van der Waals surface area contributed by atoms with Gasteiger partial charge in [0.2, 0.25) is 6.79 Å². The molecule has 1 N–H and O–H groups in total. The van der Waals surface area contributed by atoms with Crippen molar-refractivity contribution in [2.24, 2.45) is 5.92 Å². The second kappa shape index (κ2) is 5.34. The van der Waals surface area contributed by atoms with Gasteiger partial charge in [-0.05, 0) is 37.7 Å². The highest BCUT2D eigenvalue weighted by Gasteiger charge is 2.33. The number of aliphatic hydroxyl groups is 1. The summed E-state index contributed by atoms with van der Waals surface area (Å²) in [6, 6.07) is 6.35. The number of likely N-dealkylation sites (tertiary alicyclic amines) is 1. The highest BCUT2D eigenvalue weighted by atomic mass is 35.5. The van der Waals surface area contributed by atoms with Crippen LogP contribution in [0.15, 0.2) is 18.2 Å². The molecule has 1 aromatic rings. The molecule has 18 heavy (non-hydrogen) atoms. The molecule has 0 aromatic heterocycles. The topological polar surface area (TPSA) is 41.9 Å². The van der Waals surface area contributed by atoms with Crippen molar-refractivity contribution in [3.63, 3.8) is 0 Å². The van der Waals surface area contributed by atoms with Gasteiger partial charge in [-0.2, -0.15) is 0 Å². The fourth-order valence-corrected chi connectivity index (χ4v) is 2.84. The Balaban J connectivity index is 0.00000120. The lowest BCUT2D eigenvalue weighted by molar-refractivity contribution is 0.173. The van der Waals surface area contributed by atoms with Crippen molar-refractivity contribution in [3.05, 3.63) is 23.8 Å². The molecular weight excluding hydrogens is 254 g/mol. The van der Waals surface area contributed by atoms with Crippen LogP contribution in [0.1, 0.15) is 18.0 Å². The molecule has 2 heterocycles. The molecule has 2 aliphatic rings. The minimum Gasteiger partial charge on any atom is -0.454 e. The third-order valence-corrected chi connectivity index (χ3v) is 3.75. The standard InChI is InChI=1S/C13H17NO3.ClH/c1-14-5-4-10(7-15)13(14)9-2-3-11-12(6-9)17-8-16-11;/h2-3,6,10,13,15H,4-5,7-8H2,1H3;1H. The van der Waals surface area contributed by atoms with Crippen LogP contribution in [0.3, 0.4) is 0 Å². The first-order valence-corrected chi connectivity index (χ1v) is 6.00. The van der Waals surface area contributed by atoms with E-state index in [-0.39, 0.29) is 25.1 Å². The third-order valence-electron chi connectivity index (χ3n) is 3.75. The Morgan fingerprint density at radius 2 is 2.11 bits per heavy atom. The molecule has 1 aromatic carbocycles. The molecule has 2 unspecified atom stereocenters. The van der Waals surface area contributed by atoms with E-state index < -0.39 is 0 Å². The summed E-state index contributed by atoms with van der Waals surface area (Å²) < 4.78 is 10.7. The normalized spacial score (nSPS) is 26.1. The number of aliphatic hydroxyl groups excluding tert-OH is 1. The van der Waals surface area contributed by atoms with E-state index in [0.29, 0.717) is 12.7 Å². The lowest BCUT2D eigenvalue weighted by Gasteiger charge is -2.24. The lowest BCUT2D eigenvalue weighted by atomic mass is 9.94. The van der Waals surface area contributed by atoms with Gasteiger partial charge in [-0.3, -0.25) is 4.90 Å². The Hall–Kier alpha value is -0.970. The van der Waals surface area contributed by atoms with Crippen molar-refractivity contribution in [2.45, 2.75) is 12.5 Å². The number of benzene rings is 1. The van der Waals surface area contributed by atoms with E-state index in [2.05, 4.69) is 18.0 Å². The van der Waals surface area contributed by atoms with E-state index >= 15 is 0 Å². The smallest absolute Gasteiger partial charge is 0.231 e. The first-order valence-electron chi connectivity index (χ1n) is 6.00. The number of nitrogens with zero attached hydrogens (tertiary/aromatic N) is 1. The van der Waals surface area contributed by atoms with Gasteiger partial charge in [0.15, 0.2) is 11.5 Å². The Bertz CT molecular complexity index is 427. The molecule has 0 saturated carbocycles. The van der Waals surface area contributed by atoms with Crippen LogP contribution in [0.4, 0.5) is 0 Å². The van der Waals surface area contributed by atoms with Gasteiger partial charge in [-0.15, -0.1) is 12.4 Å². The monoisotopic (exact) mass is 271 g/mol. The van der Waals surface area contributed by atoms with Crippen molar-refractivity contribution in [1.82, 2.24) is 4.90 Å². The third kappa shape index (κ3) is 2.16. The molecular formula is C13H18ClNO3. The van der Waals surface area contributed by atoms with E-state index in [1.54, 1.807) is 0 Å². The summed E-state index contributed by atoms with van der Waals surface area (Å²) >= 11 is 0. The molecule has 0 spiro atoms. The van der Waals surface area contributed by atoms with E-state index in [0.717, 1.165) is 24.5 Å². The summed E-state index contributed by atoms with van der Waals surface area (Å²) in [5.74, 6) is 1.95. The molecule has 3 rings (SSSR count). The van der Waals surface area contributed by atoms with E-state index in [1.807, 2.05) is 12.1 Å². The van der Waals surface area contributed by atoms with Gasteiger partial charge in [0.25, 0.3) is 0 Å². The highest BCUT2D eigenvalue weighted by molar-refractivity contribution is 5.85. The van der Waals surface area contributed by atoms with Gasteiger partial charge >= 0.3 is 0 Å². The number of rotatable bonds is 2. The Morgan fingerprint density at radius 3 is 2.89 bits per heavy atom. The lowest BCUT2D eigenvalue weighted by Crippen LogP contribution is -2.22. The molecule has 1 fully saturated rings. The highest BCUT2D eigenvalue weighted by Crippen LogP contribution is 2.40. The maximum absolute atomic E-state index is 9.43. The summed E-state index contributed by atoms with van der Waals surface area (Å²) in [4.78, 5) is 2.29. The number of hydrogen-bond donors (Lipinski definition) is 1. The summed E-state index contributed by atoms with van der Waals surface area (Å²) in [6.45, 7) is 1.58. The SMILES string of the molecule is CN1CCC(CO)C1c1ccc2c(c1)OCO2.Cl. The first kappa shape index (κ1) is 13.5. The fraction of sp³-hybridized carbons (Fsp3) is 0.538. The minimum absolute atomic E-state index is 0. The number of hydrogen-bond acceptors (Lipinski definition) is 4. The van der Waals surface area contributed by atoms with Crippen molar-refractivity contribution < 1.29 is 14.6 Å². The molecule has 0 bridgehead atoms. The van der Waals surface area contributed by atoms with Crippen LogP contribution in [0.25, 0.3) is 0 Å². The zero-order chi connectivity index (χ0) is 11.8. The quantitative estimate of drug-likeness (QED) is 0.891. The van der Waals surface area contributed by atoms with Gasteiger partial charge in [-0.25, -0.2) is 0 Å². The van der Waals surface area contributed by atoms with Crippen molar-refractivity contribution in [2.75, 3.05) is 27.0 Å². The fourth-order valence-electron chi connectivity index (χ4n) is 2.84. The van der Waals surface area contributed by atoms with E-state index in [9.17, 15) is 5.11 Å². The molecule has 0 amide bonds. The van der Waals surface area contributed by atoms with Crippen LogP contribution in [-0.2, 0) is 0 Å². The molecule has 2 atom stereocenters. The van der Waals surface area contributed by atoms with Gasteiger partial charge in [0, 0.05) is 18.6 Å². The average molecular weight is 272 g/mol. The van der Waals surface area contributed by atoms with Crippen LogP contribution in [0.5, 0.6) is 11.5 Å². The molecule has 100 valence electrons. The summed E-state index contributed by atoms with van der Waals surface area (Å²) in [7, 11) is 2.10. The van der Waals surface area contributed by atoms with Crippen molar-refractivity contribution in [3.8, 4) is 11.5 Å². The van der Waals surface area contributed by atoms with E-state index in [1.165, 1.54) is 5.56 Å². The zero-order valence-corrected chi connectivity index (χ0v) is 11.2. The molecule has 1 saturated heterocycles. The van der Waals surface area contributed by atoms with Crippen LogP contribution in [0, 0.1) is 5.92 Å². The molecule has 5 heteroatoms. The largest absolute Gasteiger partial charge is 0.454 e. The van der Waals surface area contributed by atoms with Gasteiger partial charge in [0.05, 0.1) is 0 Å². The summed E-state index contributed by atoms with van der Waals surface area (Å²) in [5, 5.41) is 9.43. The van der Waals surface area contributed by atoms with Gasteiger partial charge < -0.3 is 14.6 Å². The molecule has 0 radical (unpaired) electrons. The predicted octanol–water partition coefficient (Wildman–Crippen LogP) is 1.82. The first-order chi connectivity index (χ1) is 8.29. The second-order valence-electron chi connectivity index (χ2n) is 4.77. The maximum atomic E-state index is 9.43. The average Bonchev–Trinajstić information content (AvgIpc) is 2.93. The molecule has 0 aliphatic carbocycles. The number of ether oxygens (including phenoxy) is 2. The predicted molar refractivity (Wildman–Crippen MR) is 70.4 cm³/mol. The summed E-state index contributed by atoms with van der Waals surface area (Å²) in [6.07, 6.45) is 1.05. The Morgan fingerprint density at radius 1 is 1.33 bits per heavy atom. The van der Waals surface area contributed by atoms with Crippen molar-refractivity contribution >= 4 is 12.4 Å². The molecule has 4 nitrogen and oxygen atoms in total. The van der Waals surface area contributed by atoms with Crippen LogP contribution >= 0.6 is 12.4 Å². The van der Waals surface area contributed by atoms with Crippen LogP contribution < -0.4 is 9.47 Å². The second-order valence-corrected chi connectivity index (χ2v) is 4.77. The molecule has 2 aliphatic heterocycles. The van der Waals surface area contributed by atoms with Crippen LogP contribution in [0.2, 0.25) is 0 Å². The van der Waals surface area contributed by atoms with Gasteiger partial charge in [0.1, 0.15) is 0 Å². The number of halogens is 1. The Kier molecular flexibility index (Phi) is 4.00. The zero-order valence-electron chi connectivity index (χ0n) is 10.3.